The molecule has 0 bridgehead atoms. The molecule has 1 fully saturated rings. The number of sulfone groups is 1. The minimum atomic E-state index is -2.95. The van der Waals surface area contributed by atoms with E-state index < -0.39 is 9.84 Å². The van der Waals surface area contributed by atoms with E-state index in [4.69, 9.17) is 17.3 Å². The zero-order valence-corrected chi connectivity index (χ0v) is 19.8. The summed E-state index contributed by atoms with van der Waals surface area (Å²) in [7, 11) is -2.95. The summed E-state index contributed by atoms with van der Waals surface area (Å²) in [5.41, 5.74) is 4.38. The molecule has 1 atom stereocenters. The van der Waals surface area contributed by atoms with Gasteiger partial charge in [-0.3, -0.25) is 9.47 Å². The fraction of sp³-hybridized carbons (Fsp3) is 0.391. The molecule has 1 aromatic heterocycles. The van der Waals surface area contributed by atoms with E-state index in [1.165, 1.54) is 11.1 Å². The SMILES string of the molecule is CCN(Cn1nc(-c2ccccc2)n(-c2ccc(C)c(C)c2)c1=S)[C@H]1CCS(=O)(=O)C1. The van der Waals surface area contributed by atoms with Crippen molar-refractivity contribution in [1.29, 1.82) is 0 Å². The van der Waals surface area contributed by atoms with Gasteiger partial charge in [0.2, 0.25) is 4.77 Å². The van der Waals surface area contributed by atoms with E-state index in [2.05, 4.69) is 36.9 Å². The van der Waals surface area contributed by atoms with E-state index in [1.54, 1.807) is 0 Å². The second-order valence-electron chi connectivity index (χ2n) is 8.18. The van der Waals surface area contributed by atoms with Crippen molar-refractivity contribution in [2.45, 2.75) is 39.9 Å². The van der Waals surface area contributed by atoms with Crippen LogP contribution in [0.25, 0.3) is 17.1 Å². The third-order valence-corrected chi connectivity index (χ3v) is 8.21. The molecule has 2 heterocycles. The molecule has 0 unspecified atom stereocenters. The first-order valence-electron chi connectivity index (χ1n) is 10.6. The molecule has 2 aromatic carbocycles. The Kier molecular flexibility index (Phi) is 6.14. The van der Waals surface area contributed by atoms with E-state index >= 15 is 0 Å². The summed E-state index contributed by atoms with van der Waals surface area (Å²) in [6.45, 7) is 7.43. The van der Waals surface area contributed by atoms with Gasteiger partial charge in [-0.25, -0.2) is 13.1 Å². The van der Waals surface area contributed by atoms with E-state index in [9.17, 15) is 8.42 Å². The minimum Gasteiger partial charge on any atom is -0.281 e. The van der Waals surface area contributed by atoms with Crippen molar-refractivity contribution in [3.63, 3.8) is 0 Å². The van der Waals surface area contributed by atoms with Crippen LogP contribution in [0.15, 0.2) is 48.5 Å². The highest BCUT2D eigenvalue weighted by molar-refractivity contribution is 7.91. The number of rotatable bonds is 6. The molecule has 6 nitrogen and oxygen atoms in total. The van der Waals surface area contributed by atoms with Crippen LogP contribution in [0.4, 0.5) is 0 Å². The molecule has 0 amide bonds. The average molecular weight is 457 g/mol. The fourth-order valence-corrected chi connectivity index (χ4v) is 6.13. The molecule has 8 heteroatoms. The standard InChI is InChI=1S/C23H28N4O2S2/c1-4-25(21-12-13-31(28,29)15-21)16-26-23(30)27(20-11-10-17(2)18(3)14-20)22(24-26)19-8-6-5-7-9-19/h5-11,14,21H,4,12-13,15-16H2,1-3H3/t21-/m0/s1. The smallest absolute Gasteiger partial charge is 0.204 e. The van der Waals surface area contributed by atoms with Gasteiger partial charge in [-0.05, 0) is 62.3 Å². The van der Waals surface area contributed by atoms with Crippen molar-refractivity contribution in [2.24, 2.45) is 0 Å². The summed E-state index contributed by atoms with van der Waals surface area (Å²) in [6.07, 6.45) is 0.660. The number of aryl methyl sites for hydroxylation is 2. The Bertz CT molecular complexity index is 1250. The Balaban J connectivity index is 1.78. The molecule has 3 aromatic rings. The van der Waals surface area contributed by atoms with Crippen LogP contribution in [0.5, 0.6) is 0 Å². The van der Waals surface area contributed by atoms with Crippen molar-refractivity contribution in [3.05, 3.63) is 64.4 Å². The Hall–Kier alpha value is -2.29. The highest BCUT2D eigenvalue weighted by Crippen LogP contribution is 2.25. The fourth-order valence-electron chi connectivity index (χ4n) is 4.08. The lowest BCUT2D eigenvalue weighted by atomic mass is 10.1. The summed E-state index contributed by atoms with van der Waals surface area (Å²) >= 11 is 5.88. The zero-order valence-electron chi connectivity index (χ0n) is 18.2. The van der Waals surface area contributed by atoms with Gasteiger partial charge in [0, 0.05) is 11.6 Å². The van der Waals surface area contributed by atoms with Gasteiger partial charge in [0.25, 0.3) is 0 Å². The molecule has 1 aliphatic rings. The minimum absolute atomic E-state index is 0.00356. The first-order valence-corrected chi connectivity index (χ1v) is 12.8. The third kappa shape index (κ3) is 4.51. The Labute approximate surface area is 189 Å². The van der Waals surface area contributed by atoms with Crippen LogP contribution < -0.4 is 0 Å². The van der Waals surface area contributed by atoms with E-state index in [0.717, 1.165) is 23.6 Å². The maximum absolute atomic E-state index is 12.0. The van der Waals surface area contributed by atoms with Crippen LogP contribution in [0, 0.1) is 18.6 Å². The lowest BCUT2D eigenvalue weighted by Crippen LogP contribution is -2.37. The highest BCUT2D eigenvalue weighted by Gasteiger charge is 2.32. The number of nitrogens with zero attached hydrogens (tertiary/aromatic N) is 4. The van der Waals surface area contributed by atoms with Crippen molar-refractivity contribution in [1.82, 2.24) is 19.2 Å². The van der Waals surface area contributed by atoms with Gasteiger partial charge in [-0.1, -0.05) is 43.3 Å². The van der Waals surface area contributed by atoms with E-state index in [1.807, 2.05) is 46.5 Å². The van der Waals surface area contributed by atoms with Gasteiger partial charge in [0.1, 0.15) is 0 Å². The number of hydrogen-bond donors (Lipinski definition) is 0. The molecule has 31 heavy (non-hydrogen) atoms. The highest BCUT2D eigenvalue weighted by atomic mass is 32.2. The lowest BCUT2D eigenvalue weighted by Gasteiger charge is -2.26. The monoisotopic (exact) mass is 456 g/mol. The van der Waals surface area contributed by atoms with Crippen LogP contribution >= 0.6 is 12.2 Å². The molecular formula is C23H28N4O2S2. The average Bonchev–Trinajstić information content (AvgIpc) is 3.28. The first kappa shape index (κ1) is 21.9. The third-order valence-electron chi connectivity index (χ3n) is 6.07. The maximum Gasteiger partial charge on any atom is 0.204 e. The normalized spacial score (nSPS) is 18.0. The van der Waals surface area contributed by atoms with Crippen molar-refractivity contribution < 1.29 is 8.42 Å². The predicted molar refractivity (Wildman–Crippen MR) is 127 cm³/mol. The lowest BCUT2D eigenvalue weighted by molar-refractivity contribution is 0.164. The number of hydrogen-bond acceptors (Lipinski definition) is 5. The Morgan fingerprint density at radius 3 is 2.48 bits per heavy atom. The van der Waals surface area contributed by atoms with Crippen LogP contribution in [0.3, 0.4) is 0 Å². The van der Waals surface area contributed by atoms with Crippen LogP contribution in [0.2, 0.25) is 0 Å². The number of benzene rings is 2. The Morgan fingerprint density at radius 1 is 1.13 bits per heavy atom. The second kappa shape index (κ2) is 8.68. The quantitative estimate of drug-likeness (QED) is 0.522. The molecule has 1 aliphatic heterocycles. The summed E-state index contributed by atoms with van der Waals surface area (Å²) in [5.74, 6) is 1.24. The van der Waals surface area contributed by atoms with Gasteiger partial charge in [0.15, 0.2) is 15.7 Å². The molecule has 0 spiro atoms. The van der Waals surface area contributed by atoms with Gasteiger partial charge < -0.3 is 0 Å². The zero-order chi connectivity index (χ0) is 22.2. The van der Waals surface area contributed by atoms with Crippen molar-refractivity contribution >= 4 is 22.1 Å². The van der Waals surface area contributed by atoms with Crippen LogP contribution in [0.1, 0.15) is 24.5 Å². The topological polar surface area (TPSA) is 60.1 Å². The molecule has 0 radical (unpaired) electrons. The molecule has 1 saturated heterocycles. The van der Waals surface area contributed by atoms with E-state index in [-0.39, 0.29) is 17.5 Å². The maximum atomic E-state index is 12.0. The molecule has 0 aliphatic carbocycles. The predicted octanol–water partition coefficient (Wildman–Crippen LogP) is 4.15. The molecule has 4 rings (SSSR count). The molecule has 0 saturated carbocycles. The van der Waals surface area contributed by atoms with Gasteiger partial charge in [-0.15, -0.1) is 5.10 Å². The van der Waals surface area contributed by atoms with Crippen LogP contribution in [-0.2, 0) is 16.5 Å². The molecular weight excluding hydrogens is 428 g/mol. The van der Waals surface area contributed by atoms with Crippen LogP contribution in [-0.4, -0.2) is 51.8 Å². The van der Waals surface area contributed by atoms with Gasteiger partial charge >= 0.3 is 0 Å². The van der Waals surface area contributed by atoms with Gasteiger partial charge in [-0.2, -0.15) is 0 Å². The van der Waals surface area contributed by atoms with Crippen molar-refractivity contribution in [3.8, 4) is 17.1 Å². The molecule has 164 valence electrons. The summed E-state index contributed by atoms with van der Waals surface area (Å²) in [4.78, 5) is 2.16. The largest absolute Gasteiger partial charge is 0.281 e. The van der Waals surface area contributed by atoms with Gasteiger partial charge in [0.05, 0.1) is 23.9 Å². The number of aromatic nitrogens is 3. The Morgan fingerprint density at radius 2 is 1.87 bits per heavy atom. The molecule has 0 N–H and O–H groups in total. The van der Waals surface area contributed by atoms with Crippen molar-refractivity contribution in [2.75, 3.05) is 18.1 Å². The summed E-state index contributed by atoms with van der Waals surface area (Å²) in [5, 5.41) is 4.89. The second-order valence-corrected chi connectivity index (χ2v) is 10.8. The first-order chi connectivity index (χ1) is 14.8. The van der Waals surface area contributed by atoms with E-state index in [0.29, 0.717) is 17.9 Å². The summed E-state index contributed by atoms with van der Waals surface area (Å²) < 4.78 is 28.4. The summed E-state index contributed by atoms with van der Waals surface area (Å²) in [6, 6.07) is 16.3.